The molecule has 0 saturated heterocycles. The van der Waals surface area contributed by atoms with Crippen molar-refractivity contribution in [1.82, 2.24) is 15.2 Å². The van der Waals surface area contributed by atoms with Crippen molar-refractivity contribution in [3.05, 3.63) is 71.4 Å². The van der Waals surface area contributed by atoms with E-state index in [-0.39, 0.29) is 18.0 Å². The molecule has 4 saturated carbocycles. The van der Waals surface area contributed by atoms with Crippen LogP contribution in [0.25, 0.3) is 10.9 Å². The first-order valence-electron chi connectivity index (χ1n) is 14.8. The number of para-hydroxylation sites is 1. The van der Waals surface area contributed by atoms with E-state index in [9.17, 15) is 14.7 Å². The molecule has 8 rings (SSSR count). The van der Waals surface area contributed by atoms with Gasteiger partial charge in [-0.1, -0.05) is 42.5 Å². The van der Waals surface area contributed by atoms with Gasteiger partial charge < -0.3 is 15.4 Å². The van der Waals surface area contributed by atoms with Crippen LogP contribution in [0.1, 0.15) is 62.1 Å². The predicted octanol–water partition coefficient (Wildman–Crippen LogP) is 5.95. The van der Waals surface area contributed by atoms with Gasteiger partial charge in [0.05, 0.1) is 0 Å². The number of hydrogen-bond donors (Lipinski definition) is 3. The normalized spacial score (nSPS) is 30.5. The van der Waals surface area contributed by atoms with Gasteiger partial charge in [0.15, 0.2) is 0 Å². The monoisotopic (exact) mass is 525 g/mol. The number of nitrogens with zero attached hydrogens (tertiary/aromatic N) is 1. The Bertz CT molecular complexity index is 1380. The minimum atomic E-state index is -1.21. The Kier molecular flexibility index (Phi) is 5.98. The van der Waals surface area contributed by atoms with E-state index < -0.39 is 11.6 Å². The largest absolute Gasteiger partial charge is 0.465 e. The molecule has 0 spiro atoms. The Balaban J connectivity index is 1.25. The molecule has 1 heterocycles. The number of aromatic nitrogens is 1. The number of fused-ring (bicyclic) bond motifs is 2. The van der Waals surface area contributed by atoms with E-state index in [0.717, 1.165) is 73.2 Å². The average molecular weight is 526 g/mol. The zero-order valence-electron chi connectivity index (χ0n) is 22.7. The molecule has 39 heavy (non-hydrogen) atoms. The van der Waals surface area contributed by atoms with Gasteiger partial charge in [-0.15, -0.1) is 0 Å². The highest BCUT2D eigenvalue weighted by Crippen LogP contribution is 2.56. The molecule has 6 heteroatoms. The molecular weight excluding hydrogens is 486 g/mol. The van der Waals surface area contributed by atoms with Crippen LogP contribution in [0.4, 0.5) is 4.79 Å². The van der Waals surface area contributed by atoms with Gasteiger partial charge in [0, 0.05) is 35.6 Å². The molecule has 3 N–H and O–H groups in total. The van der Waals surface area contributed by atoms with E-state index in [4.69, 9.17) is 0 Å². The number of amides is 2. The summed E-state index contributed by atoms with van der Waals surface area (Å²) in [6.07, 6.45) is 9.66. The van der Waals surface area contributed by atoms with E-state index in [1.54, 1.807) is 4.90 Å². The number of hydrogen-bond acceptors (Lipinski definition) is 2. The summed E-state index contributed by atoms with van der Waals surface area (Å²) in [5.74, 6) is 2.02. The van der Waals surface area contributed by atoms with E-state index in [1.165, 1.54) is 17.5 Å². The Hall–Kier alpha value is -3.28. The fraction of sp³-hybridized carbons (Fsp3) is 0.515. The molecule has 5 aliphatic rings. The number of nitrogens with one attached hydrogen (secondary N) is 2. The van der Waals surface area contributed by atoms with Crippen molar-refractivity contribution >= 4 is 22.9 Å². The Morgan fingerprint density at radius 2 is 1.64 bits per heavy atom. The van der Waals surface area contributed by atoms with E-state index in [0.29, 0.717) is 18.3 Å². The molecule has 5 aliphatic carbocycles. The summed E-state index contributed by atoms with van der Waals surface area (Å²) >= 11 is 0. The number of aromatic amines is 1. The maximum Gasteiger partial charge on any atom is 0.408 e. The minimum absolute atomic E-state index is 0.00355. The third-order valence-corrected chi connectivity index (χ3v) is 10.6. The Morgan fingerprint density at radius 3 is 2.36 bits per heavy atom. The summed E-state index contributed by atoms with van der Waals surface area (Å²) in [6, 6.07) is 16.5. The van der Waals surface area contributed by atoms with Gasteiger partial charge in [0.1, 0.15) is 5.54 Å². The van der Waals surface area contributed by atoms with Gasteiger partial charge in [-0.3, -0.25) is 9.69 Å². The van der Waals surface area contributed by atoms with Crippen molar-refractivity contribution in [2.75, 3.05) is 0 Å². The second-order valence-electron chi connectivity index (χ2n) is 13.1. The van der Waals surface area contributed by atoms with Gasteiger partial charge >= 0.3 is 6.09 Å². The van der Waals surface area contributed by atoms with Gasteiger partial charge in [0.25, 0.3) is 0 Å². The minimum Gasteiger partial charge on any atom is -0.465 e. The number of carboxylic acid groups (broad SMARTS) is 1. The fourth-order valence-electron chi connectivity index (χ4n) is 9.07. The van der Waals surface area contributed by atoms with Gasteiger partial charge in [0.2, 0.25) is 5.91 Å². The molecule has 4 bridgehead atoms. The van der Waals surface area contributed by atoms with Gasteiger partial charge in [-0.25, -0.2) is 4.79 Å². The smallest absolute Gasteiger partial charge is 0.408 e. The standard InChI is InChI=1S/C33H39N3O3/c1-33(18-26-19-34-29-9-5-4-8-28(26)29,31(37)35-27-11-10-22-6-2-3-7-23(22)17-27)36(32(38)39)30-24-13-20-12-21(15-24)16-25(30)14-20/h2-9,19-21,24-25,27,30,34H,10-18H2,1H3,(H,35,37)(H,38,39). The lowest BCUT2D eigenvalue weighted by atomic mass is 9.53. The molecule has 0 aliphatic heterocycles. The summed E-state index contributed by atoms with van der Waals surface area (Å²) in [5.41, 5.74) is 3.42. The molecule has 204 valence electrons. The molecule has 2 amide bonds. The molecule has 4 fully saturated rings. The van der Waals surface area contributed by atoms with Crippen molar-refractivity contribution in [2.24, 2.45) is 23.7 Å². The summed E-state index contributed by atoms with van der Waals surface area (Å²) in [5, 5.41) is 15.3. The van der Waals surface area contributed by atoms with Gasteiger partial charge in [-0.2, -0.15) is 0 Å². The first-order valence-corrected chi connectivity index (χ1v) is 14.8. The highest BCUT2D eigenvalue weighted by atomic mass is 16.4. The SMILES string of the molecule is CC(Cc1c[nH]c2ccccc12)(C(=O)NC1CCc2ccccc2C1)N(C(=O)O)C1C2CC3CC(C2)CC1C3. The zero-order valence-corrected chi connectivity index (χ0v) is 22.7. The molecule has 2 aromatic carbocycles. The van der Waals surface area contributed by atoms with Gasteiger partial charge in [-0.05, 0) is 105 Å². The first-order chi connectivity index (χ1) is 18.9. The molecule has 1 aromatic heterocycles. The third kappa shape index (κ3) is 4.23. The number of H-pyrrole nitrogens is 1. The number of benzene rings is 2. The molecule has 2 unspecified atom stereocenters. The molecule has 3 aromatic rings. The number of carbonyl (C=O) groups is 2. The molecular formula is C33H39N3O3. The quantitative estimate of drug-likeness (QED) is 0.372. The lowest BCUT2D eigenvalue weighted by Crippen LogP contribution is -2.69. The van der Waals surface area contributed by atoms with Crippen molar-refractivity contribution in [1.29, 1.82) is 0 Å². The van der Waals surface area contributed by atoms with Crippen LogP contribution in [0.15, 0.2) is 54.7 Å². The summed E-state index contributed by atoms with van der Waals surface area (Å²) in [4.78, 5) is 32.7. The van der Waals surface area contributed by atoms with Crippen LogP contribution >= 0.6 is 0 Å². The van der Waals surface area contributed by atoms with Crippen LogP contribution in [0.2, 0.25) is 0 Å². The third-order valence-electron chi connectivity index (χ3n) is 10.6. The second-order valence-corrected chi connectivity index (χ2v) is 13.1. The maximum atomic E-state index is 14.5. The van der Waals surface area contributed by atoms with Crippen LogP contribution in [0.3, 0.4) is 0 Å². The molecule has 0 radical (unpaired) electrons. The van der Waals surface area contributed by atoms with Crippen molar-refractivity contribution in [2.45, 2.75) is 82.3 Å². The second kappa shape index (κ2) is 9.42. The number of carbonyl (C=O) groups excluding carboxylic acids is 1. The van der Waals surface area contributed by atoms with Crippen LogP contribution < -0.4 is 5.32 Å². The van der Waals surface area contributed by atoms with E-state index in [2.05, 4.69) is 40.6 Å². The van der Waals surface area contributed by atoms with Crippen molar-refractivity contribution < 1.29 is 14.7 Å². The number of aryl methyl sites for hydroxylation is 1. The summed E-state index contributed by atoms with van der Waals surface area (Å²) < 4.78 is 0. The van der Waals surface area contributed by atoms with E-state index >= 15 is 0 Å². The van der Waals surface area contributed by atoms with Crippen LogP contribution in [0, 0.1) is 23.7 Å². The lowest BCUT2D eigenvalue weighted by Gasteiger charge is -2.59. The zero-order chi connectivity index (χ0) is 26.7. The number of rotatable bonds is 6. The summed E-state index contributed by atoms with van der Waals surface area (Å²) in [7, 11) is 0. The van der Waals surface area contributed by atoms with Crippen molar-refractivity contribution in [3.8, 4) is 0 Å². The van der Waals surface area contributed by atoms with Crippen LogP contribution in [0.5, 0.6) is 0 Å². The fourth-order valence-corrected chi connectivity index (χ4v) is 9.07. The van der Waals surface area contributed by atoms with Crippen LogP contribution in [-0.4, -0.2) is 44.6 Å². The highest BCUT2D eigenvalue weighted by molar-refractivity contribution is 5.91. The average Bonchev–Trinajstić information content (AvgIpc) is 3.32. The highest BCUT2D eigenvalue weighted by Gasteiger charge is 2.56. The topological polar surface area (TPSA) is 85.4 Å². The van der Waals surface area contributed by atoms with Crippen LogP contribution in [-0.2, 0) is 24.1 Å². The Morgan fingerprint density at radius 1 is 0.974 bits per heavy atom. The predicted molar refractivity (Wildman–Crippen MR) is 152 cm³/mol. The molecule has 2 atom stereocenters. The van der Waals surface area contributed by atoms with Crippen molar-refractivity contribution in [3.63, 3.8) is 0 Å². The molecule has 6 nitrogen and oxygen atoms in total. The first kappa shape index (κ1) is 24.7. The maximum absolute atomic E-state index is 14.5. The van der Waals surface area contributed by atoms with E-state index in [1.807, 2.05) is 31.3 Å². The Labute approximate surface area is 230 Å². The lowest BCUT2D eigenvalue weighted by molar-refractivity contribution is -0.141. The summed E-state index contributed by atoms with van der Waals surface area (Å²) in [6.45, 7) is 1.89.